The second kappa shape index (κ2) is 16.0. The average Bonchev–Trinajstić information content (AvgIpc) is 3.00. The van der Waals surface area contributed by atoms with Gasteiger partial charge in [0.1, 0.15) is 17.6 Å². The lowest BCUT2D eigenvalue weighted by atomic mass is 10.0. The molecule has 11 nitrogen and oxygen atoms in total. The van der Waals surface area contributed by atoms with Crippen LogP contribution in [0.1, 0.15) is 36.7 Å². The highest BCUT2D eigenvalue weighted by molar-refractivity contribution is 7.51. The van der Waals surface area contributed by atoms with Gasteiger partial charge in [0.25, 0.3) is 5.91 Å². The summed E-state index contributed by atoms with van der Waals surface area (Å²) in [5, 5.41) is 13.6. The normalized spacial score (nSPS) is 13.8. The van der Waals surface area contributed by atoms with E-state index in [1.165, 1.54) is 17.0 Å². The molecule has 1 unspecified atom stereocenters. The van der Waals surface area contributed by atoms with Crippen LogP contribution in [0.2, 0.25) is 0 Å². The maximum absolute atomic E-state index is 13.5. The van der Waals surface area contributed by atoms with Crippen molar-refractivity contribution in [2.24, 2.45) is 0 Å². The minimum atomic E-state index is -4.63. The fourth-order valence-corrected chi connectivity index (χ4v) is 5.02. The smallest absolute Gasteiger partial charge is 0.328 e. The lowest BCUT2D eigenvalue weighted by molar-refractivity contribution is -0.137. The third-order valence-electron chi connectivity index (χ3n) is 6.50. The molecule has 1 atom stereocenters. The number of piperazine rings is 1. The average molecular weight is 615 g/mol. The summed E-state index contributed by atoms with van der Waals surface area (Å²) in [7, 11) is -4.63. The van der Waals surface area contributed by atoms with Gasteiger partial charge in [-0.15, -0.1) is 0 Å². The van der Waals surface area contributed by atoms with Crippen LogP contribution in [0, 0.1) is 5.82 Å². The number of halogens is 1. The summed E-state index contributed by atoms with van der Waals surface area (Å²) >= 11 is 0. The molecule has 0 spiro atoms. The van der Waals surface area contributed by atoms with Crippen molar-refractivity contribution in [3.05, 3.63) is 78.2 Å². The first-order valence-electron chi connectivity index (χ1n) is 13.9. The van der Waals surface area contributed by atoms with Crippen LogP contribution in [0.4, 0.5) is 4.39 Å². The van der Waals surface area contributed by atoms with Crippen LogP contribution >= 0.6 is 7.60 Å². The molecule has 0 aliphatic carbocycles. The van der Waals surface area contributed by atoms with E-state index in [1.54, 1.807) is 24.3 Å². The molecule has 2 heterocycles. The van der Waals surface area contributed by atoms with E-state index in [0.717, 1.165) is 18.4 Å². The predicted molar refractivity (Wildman–Crippen MR) is 160 cm³/mol. The van der Waals surface area contributed by atoms with Crippen LogP contribution in [-0.4, -0.2) is 80.9 Å². The van der Waals surface area contributed by atoms with E-state index >= 15 is 0 Å². The van der Waals surface area contributed by atoms with Crippen molar-refractivity contribution in [1.29, 1.82) is 0 Å². The molecule has 1 aromatic heterocycles. The Morgan fingerprint density at radius 1 is 1.00 bits per heavy atom. The van der Waals surface area contributed by atoms with Gasteiger partial charge in [0.05, 0.1) is 11.9 Å². The summed E-state index contributed by atoms with van der Waals surface area (Å²) in [6.45, 7) is 3.79. The molecular formula is C30H36FN4O7P. The summed E-state index contributed by atoms with van der Waals surface area (Å²) in [4.78, 5) is 61.1. The van der Waals surface area contributed by atoms with E-state index in [-0.39, 0.29) is 5.69 Å². The third-order valence-corrected chi connectivity index (χ3v) is 7.34. The number of hydrogen-bond donors (Lipinski definition) is 5. The molecule has 5 N–H and O–H groups in total. The molecule has 43 heavy (non-hydrogen) atoms. The molecule has 0 radical (unpaired) electrons. The largest absolute Gasteiger partial charge is 0.481 e. The molecule has 0 bridgehead atoms. The van der Waals surface area contributed by atoms with Gasteiger partial charge in [-0.2, -0.15) is 0 Å². The highest BCUT2D eigenvalue weighted by atomic mass is 31.2. The first-order valence-corrected chi connectivity index (χ1v) is 15.7. The number of amides is 2. The number of carboxylic acids is 1. The minimum absolute atomic E-state index is 0.0421. The van der Waals surface area contributed by atoms with Crippen LogP contribution in [-0.2, 0) is 14.2 Å². The standard InChI is InChI=1S/C25H26FN4O5P.C5H10O2/c26-20-8-6-18(7-9-20)21-14-19(17-4-2-1-3-5-17)15-22(28-21)24(31)29-23(16-36(33,34)35)25(32)30-12-10-27-11-13-30;1-2-3-4-5(6)7/h1-9,14-15,23,27H,10-13,16H2,(H,29,31)(H2,33,34,35);2-4H2,1H3,(H,6,7). The number of rotatable bonds is 10. The number of aromatic nitrogens is 1. The number of nitrogens with zero attached hydrogens (tertiary/aromatic N) is 2. The van der Waals surface area contributed by atoms with Gasteiger partial charge < -0.3 is 30.4 Å². The van der Waals surface area contributed by atoms with E-state index in [1.807, 2.05) is 37.3 Å². The van der Waals surface area contributed by atoms with Crippen LogP contribution in [0.25, 0.3) is 22.4 Å². The Bertz CT molecular complexity index is 1430. The van der Waals surface area contributed by atoms with Gasteiger partial charge in [-0.05, 0) is 53.9 Å². The van der Waals surface area contributed by atoms with Crippen LogP contribution in [0.3, 0.4) is 0 Å². The quantitative estimate of drug-likeness (QED) is 0.215. The van der Waals surface area contributed by atoms with Crippen molar-refractivity contribution in [2.45, 2.75) is 32.2 Å². The van der Waals surface area contributed by atoms with Crippen LogP contribution < -0.4 is 10.6 Å². The summed E-state index contributed by atoms with van der Waals surface area (Å²) in [6, 6.07) is 16.8. The number of carbonyl (C=O) groups excluding carboxylic acids is 2. The summed E-state index contributed by atoms with van der Waals surface area (Å²) < 4.78 is 25.2. The molecule has 1 fully saturated rings. The van der Waals surface area contributed by atoms with Crippen molar-refractivity contribution in [2.75, 3.05) is 32.3 Å². The highest BCUT2D eigenvalue weighted by Gasteiger charge is 2.33. The van der Waals surface area contributed by atoms with E-state index in [2.05, 4.69) is 15.6 Å². The lowest BCUT2D eigenvalue weighted by Crippen LogP contribution is -2.55. The Labute approximate surface area is 249 Å². The monoisotopic (exact) mass is 614 g/mol. The molecular weight excluding hydrogens is 578 g/mol. The van der Waals surface area contributed by atoms with E-state index in [4.69, 9.17) is 5.11 Å². The van der Waals surface area contributed by atoms with Gasteiger partial charge in [-0.3, -0.25) is 18.9 Å². The van der Waals surface area contributed by atoms with Crippen molar-refractivity contribution in [3.63, 3.8) is 0 Å². The first-order chi connectivity index (χ1) is 20.5. The zero-order valence-corrected chi connectivity index (χ0v) is 24.7. The maximum atomic E-state index is 13.5. The topological polar surface area (TPSA) is 169 Å². The molecule has 1 aliphatic rings. The number of benzene rings is 2. The first kappa shape index (κ1) is 33.5. The number of aliphatic carboxylic acids is 1. The summed E-state index contributed by atoms with van der Waals surface area (Å²) in [5.41, 5.74) is 2.41. The Hall–Kier alpha value is -3.96. The molecule has 2 amide bonds. The summed E-state index contributed by atoms with van der Waals surface area (Å²) in [5.74, 6) is -2.42. The number of pyridine rings is 1. The second-order valence-corrected chi connectivity index (χ2v) is 11.6. The van der Waals surface area contributed by atoms with Gasteiger partial charge in [0, 0.05) is 38.2 Å². The van der Waals surface area contributed by atoms with Crippen molar-refractivity contribution < 1.29 is 38.2 Å². The number of carbonyl (C=O) groups is 3. The van der Waals surface area contributed by atoms with E-state index in [9.17, 15) is 33.1 Å². The molecule has 2 aromatic carbocycles. The van der Waals surface area contributed by atoms with Gasteiger partial charge in [-0.25, -0.2) is 9.37 Å². The molecule has 4 rings (SSSR count). The predicted octanol–water partition coefficient (Wildman–Crippen LogP) is 3.52. The van der Waals surface area contributed by atoms with Crippen LogP contribution in [0.5, 0.6) is 0 Å². The summed E-state index contributed by atoms with van der Waals surface area (Å²) in [6.07, 6.45) is 1.25. The van der Waals surface area contributed by atoms with Crippen molar-refractivity contribution in [1.82, 2.24) is 20.5 Å². The molecule has 1 aliphatic heterocycles. The molecule has 13 heteroatoms. The Morgan fingerprint density at radius 3 is 2.21 bits per heavy atom. The SMILES string of the molecule is CCCCC(=O)O.O=C(NC(CP(=O)(O)O)C(=O)N1CCNCC1)c1cc(-c2ccccc2)cc(-c2ccc(F)cc2)n1. The van der Waals surface area contributed by atoms with Crippen molar-refractivity contribution in [3.8, 4) is 22.4 Å². The van der Waals surface area contributed by atoms with Gasteiger partial charge >= 0.3 is 13.6 Å². The Balaban J connectivity index is 0.000000646. The maximum Gasteiger partial charge on any atom is 0.328 e. The number of unbranched alkanes of at least 4 members (excludes halogenated alkanes) is 1. The molecule has 230 valence electrons. The molecule has 3 aromatic rings. The highest BCUT2D eigenvalue weighted by Crippen LogP contribution is 2.35. The van der Waals surface area contributed by atoms with E-state index < -0.39 is 43.4 Å². The molecule has 1 saturated heterocycles. The third kappa shape index (κ3) is 11.0. The second-order valence-electron chi connectivity index (χ2n) is 9.95. The zero-order chi connectivity index (χ0) is 31.4. The van der Waals surface area contributed by atoms with Gasteiger partial charge in [0.2, 0.25) is 5.91 Å². The fourth-order valence-electron chi connectivity index (χ4n) is 4.30. The van der Waals surface area contributed by atoms with Crippen molar-refractivity contribution >= 4 is 25.4 Å². The molecule has 0 saturated carbocycles. The van der Waals surface area contributed by atoms with Crippen LogP contribution in [0.15, 0.2) is 66.7 Å². The van der Waals surface area contributed by atoms with Gasteiger partial charge in [-0.1, -0.05) is 43.7 Å². The zero-order valence-electron chi connectivity index (χ0n) is 23.8. The van der Waals surface area contributed by atoms with Gasteiger partial charge in [0.15, 0.2) is 0 Å². The lowest BCUT2D eigenvalue weighted by Gasteiger charge is -2.31. The number of carboxylic acid groups (broad SMARTS) is 1. The van der Waals surface area contributed by atoms with E-state index in [0.29, 0.717) is 49.4 Å². The Kier molecular flexibility index (Phi) is 12.5. The minimum Gasteiger partial charge on any atom is -0.481 e. The number of nitrogens with one attached hydrogen (secondary N) is 2. The number of hydrogen-bond acceptors (Lipinski definition) is 6. The fraction of sp³-hybridized carbons (Fsp3) is 0.333. The Morgan fingerprint density at radius 2 is 1.65 bits per heavy atom.